The van der Waals surface area contributed by atoms with Crippen molar-refractivity contribution in [1.29, 1.82) is 0 Å². The van der Waals surface area contributed by atoms with Crippen LogP contribution in [-0.4, -0.2) is 49.3 Å². The van der Waals surface area contributed by atoms with Crippen LogP contribution in [0.25, 0.3) is 0 Å². The number of nitrogens with zero attached hydrogens (tertiary/aromatic N) is 1. The highest BCUT2D eigenvalue weighted by Gasteiger charge is 2.43. The van der Waals surface area contributed by atoms with E-state index in [4.69, 9.17) is 9.47 Å². The monoisotopic (exact) mass is 283 g/mol. The second kappa shape index (κ2) is 7.41. The molecule has 2 atom stereocenters. The fourth-order valence-corrected chi connectivity index (χ4v) is 3.89. The first-order valence-electron chi connectivity index (χ1n) is 8.18. The van der Waals surface area contributed by atoms with Gasteiger partial charge in [-0.25, -0.2) is 0 Å². The second-order valence-electron chi connectivity index (χ2n) is 6.18. The van der Waals surface area contributed by atoms with Gasteiger partial charge in [0.05, 0.1) is 26.2 Å². The number of esters is 1. The number of morpholine rings is 1. The van der Waals surface area contributed by atoms with Gasteiger partial charge in [0.25, 0.3) is 0 Å². The van der Waals surface area contributed by atoms with Crippen molar-refractivity contribution in [2.75, 3.05) is 32.9 Å². The third kappa shape index (κ3) is 3.73. The zero-order chi connectivity index (χ0) is 14.4. The van der Waals surface area contributed by atoms with E-state index in [1.807, 2.05) is 6.92 Å². The van der Waals surface area contributed by atoms with Gasteiger partial charge in [-0.2, -0.15) is 0 Å². The molecule has 0 bridgehead atoms. The molecule has 0 aromatic rings. The van der Waals surface area contributed by atoms with Gasteiger partial charge in [-0.05, 0) is 25.7 Å². The van der Waals surface area contributed by atoms with Crippen LogP contribution < -0.4 is 0 Å². The summed E-state index contributed by atoms with van der Waals surface area (Å²) in [5.74, 6) is 0.719. The van der Waals surface area contributed by atoms with E-state index in [0.717, 1.165) is 45.1 Å². The molecule has 1 aliphatic heterocycles. The van der Waals surface area contributed by atoms with E-state index in [1.165, 1.54) is 19.3 Å². The molecule has 0 aromatic heterocycles. The fraction of sp³-hybridized carbons (Fsp3) is 0.938. The lowest BCUT2D eigenvalue weighted by Gasteiger charge is -2.49. The summed E-state index contributed by atoms with van der Waals surface area (Å²) in [6.07, 6.45) is 6.58. The molecule has 1 heterocycles. The first-order chi connectivity index (χ1) is 9.70. The topological polar surface area (TPSA) is 38.8 Å². The largest absolute Gasteiger partial charge is 0.466 e. The maximum absolute atomic E-state index is 12.1. The second-order valence-corrected chi connectivity index (χ2v) is 6.18. The Morgan fingerprint density at radius 3 is 2.75 bits per heavy atom. The Morgan fingerprint density at radius 1 is 1.35 bits per heavy atom. The van der Waals surface area contributed by atoms with E-state index >= 15 is 0 Å². The van der Waals surface area contributed by atoms with Gasteiger partial charge in [0, 0.05) is 18.6 Å². The van der Waals surface area contributed by atoms with Gasteiger partial charge in [0.15, 0.2) is 0 Å². The number of carbonyl (C=O) groups is 1. The van der Waals surface area contributed by atoms with Crippen LogP contribution in [0.1, 0.15) is 52.4 Å². The molecule has 1 saturated carbocycles. The van der Waals surface area contributed by atoms with Gasteiger partial charge in [0.2, 0.25) is 0 Å². The van der Waals surface area contributed by atoms with Crippen molar-refractivity contribution >= 4 is 5.97 Å². The third-order valence-electron chi connectivity index (χ3n) is 4.96. The minimum Gasteiger partial charge on any atom is -0.466 e. The number of rotatable bonds is 5. The molecule has 1 saturated heterocycles. The van der Waals surface area contributed by atoms with Gasteiger partial charge in [0.1, 0.15) is 0 Å². The van der Waals surface area contributed by atoms with E-state index in [9.17, 15) is 4.79 Å². The van der Waals surface area contributed by atoms with Crippen molar-refractivity contribution in [2.24, 2.45) is 5.92 Å². The highest BCUT2D eigenvalue weighted by atomic mass is 16.5. The standard InChI is InChI=1S/C16H29NO3/c1-3-14-6-5-7-16(12-14,13-15(18)20-4-2)17-8-10-19-11-9-17/h14H,3-13H2,1-2H3. The molecule has 20 heavy (non-hydrogen) atoms. The molecule has 2 aliphatic rings. The quantitative estimate of drug-likeness (QED) is 0.727. The lowest BCUT2D eigenvalue weighted by molar-refractivity contribution is -0.149. The molecule has 0 amide bonds. The molecule has 2 rings (SSSR count). The van der Waals surface area contributed by atoms with Crippen LogP contribution in [-0.2, 0) is 14.3 Å². The normalized spacial score (nSPS) is 32.0. The molecule has 0 N–H and O–H groups in total. The van der Waals surface area contributed by atoms with E-state index in [-0.39, 0.29) is 11.5 Å². The van der Waals surface area contributed by atoms with Crippen molar-refractivity contribution in [2.45, 2.75) is 57.9 Å². The molecule has 0 radical (unpaired) electrons. The van der Waals surface area contributed by atoms with Crippen LogP contribution in [0, 0.1) is 5.92 Å². The Kier molecular flexibility index (Phi) is 5.85. The lowest BCUT2D eigenvalue weighted by Crippen LogP contribution is -2.56. The van der Waals surface area contributed by atoms with Gasteiger partial charge in [-0.15, -0.1) is 0 Å². The number of hydrogen-bond acceptors (Lipinski definition) is 4. The predicted molar refractivity (Wildman–Crippen MR) is 78.6 cm³/mol. The first kappa shape index (κ1) is 15.8. The molecule has 1 aliphatic carbocycles. The van der Waals surface area contributed by atoms with E-state index < -0.39 is 0 Å². The molecule has 0 aromatic carbocycles. The van der Waals surface area contributed by atoms with Crippen LogP contribution in [0.3, 0.4) is 0 Å². The van der Waals surface area contributed by atoms with Gasteiger partial charge >= 0.3 is 5.97 Å². The Bertz CT molecular complexity index is 315. The summed E-state index contributed by atoms with van der Waals surface area (Å²) in [6, 6.07) is 0. The Labute approximate surface area is 122 Å². The average Bonchev–Trinajstić information content (AvgIpc) is 2.48. The Morgan fingerprint density at radius 2 is 2.10 bits per heavy atom. The fourth-order valence-electron chi connectivity index (χ4n) is 3.89. The summed E-state index contributed by atoms with van der Waals surface area (Å²) in [5, 5.41) is 0. The minimum atomic E-state index is -0.0317. The molecule has 116 valence electrons. The SMILES string of the molecule is CCOC(=O)CC1(N2CCOCC2)CCCC(CC)C1. The summed E-state index contributed by atoms with van der Waals surface area (Å²) < 4.78 is 10.7. The van der Waals surface area contributed by atoms with E-state index in [1.54, 1.807) is 0 Å². The zero-order valence-electron chi connectivity index (χ0n) is 13.0. The van der Waals surface area contributed by atoms with Crippen molar-refractivity contribution in [1.82, 2.24) is 4.90 Å². The van der Waals surface area contributed by atoms with Crippen molar-refractivity contribution in [3.63, 3.8) is 0 Å². The number of hydrogen-bond donors (Lipinski definition) is 0. The molecular weight excluding hydrogens is 254 g/mol. The predicted octanol–water partition coefficient (Wildman–Crippen LogP) is 2.61. The van der Waals surface area contributed by atoms with Crippen LogP contribution in [0.15, 0.2) is 0 Å². The molecule has 4 heteroatoms. The van der Waals surface area contributed by atoms with Gasteiger partial charge < -0.3 is 9.47 Å². The minimum absolute atomic E-state index is 0.0228. The summed E-state index contributed by atoms with van der Waals surface area (Å²) >= 11 is 0. The van der Waals surface area contributed by atoms with Gasteiger partial charge in [-0.3, -0.25) is 9.69 Å². The summed E-state index contributed by atoms with van der Waals surface area (Å²) in [4.78, 5) is 14.6. The van der Waals surface area contributed by atoms with Crippen molar-refractivity contribution in [3.05, 3.63) is 0 Å². The highest BCUT2D eigenvalue weighted by molar-refractivity contribution is 5.71. The maximum atomic E-state index is 12.1. The number of carbonyl (C=O) groups excluding carboxylic acids is 1. The molecule has 0 spiro atoms. The summed E-state index contributed by atoms with van der Waals surface area (Å²) in [5.41, 5.74) is 0.0228. The van der Waals surface area contributed by atoms with Gasteiger partial charge in [-0.1, -0.05) is 26.2 Å². The third-order valence-corrected chi connectivity index (χ3v) is 4.96. The maximum Gasteiger partial charge on any atom is 0.307 e. The van der Waals surface area contributed by atoms with Crippen LogP contribution >= 0.6 is 0 Å². The molecular formula is C16H29NO3. The van der Waals surface area contributed by atoms with Crippen LogP contribution in [0.4, 0.5) is 0 Å². The molecule has 4 nitrogen and oxygen atoms in total. The number of ether oxygens (including phenoxy) is 2. The van der Waals surface area contributed by atoms with Crippen LogP contribution in [0.5, 0.6) is 0 Å². The Balaban J connectivity index is 2.10. The van der Waals surface area contributed by atoms with Crippen molar-refractivity contribution < 1.29 is 14.3 Å². The smallest absolute Gasteiger partial charge is 0.307 e. The van der Waals surface area contributed by atoms with E-state index in [0.29, 0.717) is 13.0 Å². The van der Waals surface area contributed by atoms with Crippen molar-refractivity contribution in [3.8, 4) is 0 Å². The van der Waals surface area contributed by atoms with E-state index in [2.05, 4.69) is 11.8 Å². The highest BCUT2D eigenvalue weighted by Crippen LogP contribution is 2.41. The first-order valence-corrected chi connectivity index (χ1v) is 8.18. The lowest BCUT2D eigenvalue weighted by atomic mass is 9.72. The van der Waals surface area contributed by atoms with Crippen LogP contribution in [0.2, 0.25) is 0 Å². The summed E-state index contributed by atoms with van der Waals surface area (Å²) in [6.45, 7) is 8.13. The summed E-state index contributed by atoms with van der Waals surface area (Å²) in [7, 11) is 0. The molecule has 2 unspecified atom stereocenters. The molecule has 2 fully saturated rings. The average molecular weight is 283 g/mol. The Hall–Kier alpha value is -0.610. The zero-order valence-corrected chi connectivity index (χ0v) is 13.0.